The minimum atomic E-state index is -1.30. The molecule has 0 heterocycles. The highest BCUT2D eigenvalue weighted by molar-refractivity contribution is 6.30. The number of nitrogens with zero attached hydrogens (tertiary/aromatic N) is 1. The first-order valence-corrected chi connectivity index (χ1v) is 7.98. The van der Waals surface area contributed by atoms with Crippen molar-refractivity contribution in [2.24, 2.45) is 10.7 Å². The van der Waals surface area contributed by atoms with E-state index in [9.17, 15) is 4.39 Å². The molecule has 114 valence electrons. The van der Waals surface area contributed by atoms with Gasteiger partial charge in [0.25, 0.3) is 0 Å². The highest BCUT2D eigenvalue weighted by Crippen LogP contribution is 2.45. The Kier molecular flexibility index (Phi) is 4.07. The van der Waals surface area contributed by atoms with Gasteiger partial charge in [0.2, 0.25) is 0 Å². The predicted octanol–water partition coefficient (Wildman–Crippen LogP) is 3.51. The molecule has 3 nitrogen and oxygen atoms in total. The number of nitrogens with two attached hydrogens (primary N) is 1. The van der Waals surface area contributed by atoms with E-state index in [0.717, 1.165) is 12.8 Å². The van der Waals surface area contributed by atoms with E-state index in [1.807, 2.05) is 0 Å². The van der Waals surface area contributed by atoms with Gasteiger partial charge in [-0.3, -0.25) is 4.99 Å². The lowest BCUT2D eigenvalue weighted by atomic mass is 9.73. The monoisotopic (exact) mass is 309 g/mol. The van der Waals surface area contributed by atoms with Gasteiger partial charge >= 0.3 is 0 Å². The zero-order chi connectivity index (χ0) is 14.9. The maximum absolute atomic E-state index is 14.7. The first-order valence-electron chi connectivity index (χ1n) is 7.60. The fourth-order valence-electron chi connectivity index (χ4n) is 3.30. The standard InChI is InChI=1S/C16H21ClFN3/c17-12-5-3-4-11(8-12)16(18)9-14(10-16)21-15(19)20-13-6-1-2-7-13/h3-5,8,13-14H,1-2,6-7,9-10H2,(H3,19,20,21). The van der Waals surface area contributed by atoms with Crippen LogP contribution in [0.4, 0.5) is 4.39 Å². The van der Waals surface area contributed by atoms with Crippen molar-refractivity contribution in [2.75, 3.05) is 0 Å². The molecule has 0 amide bonds. The highest BCUT2D eigenvalue weighted by atomic mass is 35.5. The fourth-order valence-corrected chi connectivity index (χ4v) is 3.49. The molecule has 0 atom stereocenters. The molecular weight excluding hydrogens is 289 g/mol. The number of alkyl halides is 1. The number of guanidine groups is 1. The van der Waals surface area contributed by atoms with Crippen molar-refractivity contribution in [1.82, 2.24) is 5.32 Å². The fraction of sp³-hybridized carbons (Fsp3) is 0.562. The van der Waals surface area contributed by atoms with Crippen molar-refractivity contribution < 1.29 is 4.39 Å². The molecule has 0 unspecified atom stereocenters. The van der Waals surface area contributed by atoms with Crippen LogP contribution in [0.3, 0.4) is 0 Å². The minimum Gasteiger partial charge on any atom is -0.370 e. The average molecular weight is 310 g/mol. The topological polar surface area (TPSA) is 50.4 Å². The van der Waals surface area contributed by atoms with Crippen LogP contribution in [0.1, 0.15) is 44.1 Å². The molecule has 1 aromatic rings. The van der Waals surface area contributed by atoms with E-state index < -0.39 is 5.67 Å². The van der Waals surface area contributed by atoms with E-state index in [1.54, 1.807) is 24.3 Å². The van der Waals surface area contributed by atoms with Crippen LogP contribution in [-0.2, 0) is 5.67 Å². The Bertz CT molecular complexity index is 534. The van der Waals surface area contributed by atoms with Crippen LogP contribution in [0.15, 0.2) is 29.3 Å². The number of benzene rings is 1. The first kappa shape index (κ1) is 14.6. The van der Waals surface area contributed by atoms with Crippen molar-refractivity contribution in [3.8, 4) is 0 Å². The summed E-state index contributed by atoms with van der Waals surface area (Å²) in [7, 11) is 0. The Morgan fingerprint density at radius 3 is 2.71 bits per heavy atom. The zero-order valence-corrected chi connectivity index (χ0v) is 12.7. The van der Waals surface area contributed by atoms with Gasteiger partial charge in [-0.05, 0) is 30.5 Å². The summed E-state index contributed by atoms with van der Waals surface area (Å²) in [5.74, 6) is 0.458. The Labute approximate surface area is 129 Å². The van der Waals surface area contributed by atoms with Crippen molar-refractivity contribution in [3.05, 3.63) is 34.9 Å². The lowest BCUT2D eigenvalue weighted by Crippen LogP contribution is -2.53. The van der Waals surface area contributed by atoms with Gasteiger partial charge in [-0.1, -0.05) is 36.6 Å². The van der Waals surface area contributed by atoms with Crippen LogP contribution in [-0.4, -0.2) is 18.0 Å². The molecule has 2 aliphatic rings. The molecule has 0 aromatic heterocycles. The van der Waals surface area contributed by atoms with Crippen LogP contribution in [0.25, 0.3) is 0 Å². The van der Waals surface area contributed by atoms with Gasteiger partial charge < -0.3 is 11.1 Å². The van der Waals surface area contributed by atoms with Crippen LogP contribution in [0.5, 0.6) is 0 Å². The van der Waals surface area contributed by atoms with Gasteiger partial charge in [-0.2, -0.15) is 0 Å². The molecular formula is C16H21ClFN3. The van der Waals surface area contributed by atoms with Gasteiger partial charge in [0.1, 0.15) is 5.67 Å². The zero-order valence-electron chi connectivity index (χ0n) is 12.0. The molecule has 21 heavy (non-hydrogen) atoms. The Morgan fingerprint density at radius 1 is 1.33 bits per heavy atom. The van der Waals surface area contributed by atoms with Gasteiger partial charge in [0.15, 0.2) is 5.96 Å². The Balaban J connectivity index is 1.55. The second-order valence-corrected chi connectivity index (χ2v) is 6.61. The molecule has 0 spiro atoms. The first-order chi connectivity index (χ1) is 10.0. The van der Waals surface area contributed by atoms with E-state index in [0.29, 0.717) is 35.4 Å². The quantitative estimate of drug-likeness (QED) is 0.663. The summed E-state index contributed by atoms with van der Waals surface area (Å²) in [6.07, 6.45) is 5.51. The molecule has 1 aromatic carbocycles. The van der Waals surface area contributed by atoms with Gasteiger partial charge in [-0.15, -0.1) is 0 Å². The molecule has 2 saturated carbocycles. The second kappa shape index (κ2) is 5.84. The van der Waals surface area contributed by atoms with Crippen LogP contribution in [0.2, 0.25) is 5.02 Å². The van der Waals surface area contributed by atoms with E-state index in [-0.39, 0.29) is 6.04 Å². The van der Waals surface area contributed by atoms with E-state index in [2.05, 4.69) is 10.3 Å². The van der Waals surface area contributed by atoms with Gasteiger partial charge in [-0.25, -0.2) is 4.39 Å². The third kappa shape index (κ3) is 3.31. The Hall–Kier alpha value is -1.29. The number of aliphatic imine (C=N–C) groups is 1. The smallest absolute Gasteiger partial charge is 0.189 e. The van der Waals surface area contributed by atoms with E-state index in [4.69, 9.17) is 17.3 Å². The van der Waals surface area contributed by atoms with Crippen molar-refractivity contribution in [1.29, 1.82) is 0 Å². The minimum absolute atomic E-state index is 0.0548. The third-order valence-electron chi connectivity index (χ3n) is 4.48. The SMILES string of the molecule is NC(=NC1CCCC1)NC1CC(F)(c2cccc(Cl)c2)C1. The largest absolute Gasteiger partial charge is 0.370 e. The number of rotatable bonds is 3. The summed E-state index contributed by atoms with van der Waals surface area (Å²) >= 11 is 5.93. The van der Waals surface area contributed by atoms with Crippen molar-refractivity contribution in [3.63, 3.8) is 0 Å². The van der Waals surface area contributed by atoms with Crippen molar-refractivity contribution in [2.45, 2.75) is 56.3 Å². The molecule has 2 aliphatic carbocycles. The molecule has 5 heteroatoms. The maximum Gasteiger partial charge on any atom is 0.189 e. The predicted molar refractivity (Wildman–Crippen MR) is 84.3 cm³/mol. The highest BCUT2D eigenvalue weighted by Gasteiger charge is 2.46. The summed E-state index contributed by atoms with van der Waals surface area (Å²) in [4.78, 5) is 4.47. The average Bonchev–Trinajstić information content (AvgIpc) is 2.89. The van der Waals surface area contributed by atoms with Crippen LogP contribution in [0, 0.1) is 0 Å². The van der Waals surface area contributed by atoms with Gasteiger partial charge in [0, 0.05) is 23.9 Å². The molecule has 3 rings (SSSR count). The summed E-state index contributed by atoms with van der Waals surface area (Å²) in [5, 5.41) is 3.71. The van der Waals surface area contributed by atoms with E-state index >= 15 is 0 Å². The number of halogens is 2. The molecule has 0 bridgehead atoms. The van der Waals surface area contributed by atoms with Crippen LogP contribution >= 0.6 is 11.6 Å². The van der Waals surface area contributed by atoms with E-state index in [1.165, 1.54) is 12.8 Å². The molecule has 0 aliphatic heterocycles. The third-order valence-corrected chi connectivity index (χ3v) is 4.72. The lowest BCUT2D eigenvalue weighted by molar-refractivity contribution is 0.0326. The molecule has 3 N–H and O–H groups in total. The number of nitrogens with one attached hydrogen (secondary N) is 1. The number of hydrogen-bond donors (Lipinski definition) is 2. The second-order valence-electron chi connectivity index (χ2n) is 6.18. The molecule has 0 saturated heterocycles. The summed E-state index contributed by atoms with van der Waals surface area (Å²) in [6, 6.07) is 7.44. The number of hydrogen-bond acceptors (Lipinski definition) is 1. The normalized spacial score (nSPS) is 30.2. The van der Waals surface area contributed by atoms with Crippen LogP contribution < -0.4 is 11.1 Å². The lowest BCUT2D eigenvalue weighted by Gasteiger charge is -2.42. The Morgan fingerprint density at radius 2 is 2.05 bits per heavy atom. The van der Waals surface area contributed by atoms with Crippen molar-refractivity contribution >= 4 is 17.6 Å². The molecule has 0 radical (unpaired) electrons. The summed E-state index contributed by atoms with van der Waals surface area (Å²) in [5.41, 5.74) is 5.27. The summed E-state index contributed by atoms with van der Waals surface area (Å²) in [6.45, 7) is 0. The summed E-state index contributed by atoms with van der Waals surface area (Å²) < 4.78 is 14.7. The molecule has 2 fully saturated rings. The van der Waals surface area contributed by atoms with Gasteiger partial charge in [0.05, 0.1) is 6.04 Å². The maximum atomic E-state index is 14.7.